The van der Waals surface area contributed by atoms with Crippen LogP contribution in [0.1, 0.15) is 5.56 Å². The van der Waals surface area contributed by atoms with Crippen molar-refractivity contribution in [1.29, 1.82) is 0 Å². The van der Waals surface area contributed by atoms with Crippen LogP contribution in [-0.2, 0) is 4.79 Å². The van der Waals surface area contributed by atoms with E-state index in [1.54, 1.807) is 0 Å². The van der Waals surface area contributed by atoms with Gasteiger partial charge in [-0.05, 0) is 27.4 Å². The summed E-state index contributed by atoms with van der Waals surface area (Å²) in [6.45, 7) is 0. The smallest absolute Gasteiger partial charge is 0.351 e. The lowest BCUT2D eigenvalue weighted by molar-refractivity contribution is -0.132. The summed E-state index contributed by atoms with van der Waals surface area (Å²) < 4.78 is 0.858. The second-order valence-electron chi connectivity index (χ2n) is 2.08. The SMILES string of the molecule is N/C(=C/c1cscc1Br)C(=O)O. The number of carbonyl (C=O) groups is 1. The van der Waals surface area contributed by atoms with Gasteiger partial charge in [0.2, 0.25) is 0 Å². The van der Waals surface area contributed by atoms with Gasteiger partial charge >= 0.3 is 5.97 Å². The zero-order valence-electron chi connectivity index (χ0n) is 5.95. The molecule has 0 saturated carbocycles. The van der Waals surface area contributed by atoms with E-state index in [2.05, 4.69) is 15.9 Å². The van der Waals surface area contributed by atoms with Crippen LogP contribution in [-0.4, -0.2) is 11.1 Å². The van der Waals surface area contributed by atoms with Crippen LogP contribution in [0.2, 0.25) is 0 Å². The van der Waals surface area contributed by atoms with Crippen molar-refractivity contribution in [3.05, 3.63) is 26.5 Å². The molecule has 0 amide bonds. The molecule has 1 aromatic rings. The molecule has 0 saturated heterocycles. The Morgan fingerprint density at radius 1 is 1.67 bits per heavy atom. The number of halogens is 1. The van der Waals surface area contributed by atoms with Crippen LogP contribution in [0.15, 0.2) is 20.9 Å². The van der Waals surface area contributed by atoms with Crippen molar-refractivity contribution in [2.24, 2.45) is 5.73 Å². The Balaban J connectivity index is 2.95. The molecule has 3 nitrogen and oxygen atoms in total. The Hall–Kier alpha value is -0.810. The normalized spacial score (nSPS) is 11.6. The average molecular weight is 248 g/mol. The maximum absolute atomic E-state index is 10.3. The van der Waals surface area contributed by atoms with Crippen molar-refractivity contribution >= 4 is 39.3 Å². The van der Waals surface area contributed by atoms with Gasteiger partial charge in [0, 0.05) is 15.4 Å². The number of rotatable bonds is 2. The third-order valence-electron chi connectivity index (χ3n) is 1.20. The number of carboxylic acid groups (broad SMARTS) is 1. The lowest BCUT2D eigenvalue weighted by Gasteiger charge is -1.92. The first-order valence-corrected chi connectivity index (χ1v) is 4.77. The zero-order valence-corrected chi connectivity index (χ0v) is 8.35. The minimum absolute atomic E-state index is 0.158. The molecule has 0 aromatic carbocycles. The fraction of sp³-hybridized carbons (Fsp3) is 0. The maximum atomic E-state index is 10.3. The standard InChI is InChI=1S/C7H6BrNO2S/c8-5-3-12-2-4(5)1-6(9)7(10)11/h1-3H,9H2,(H,10,11)/b6-1+. The molecule has 0 aliphatic carbocycles. The molecule has 0 aliphatic heterocycles. The number of hydrogen-bond donors (Lipinski definition) is 2. The number of carboxylic acids is 1. The Labute approximate surface area is 81.6 Å². The van der Waals surface area contributed by atoms with Gasteiger partial charge in [0.1, 0.15) is 5.70 Å². The van der Waals surface area contributed by atoms with E-state index in [0.29, 0.717) is 0 Å². The van der Waals surface area contributed by atoms with Gasteiger partial charge in [0.25, 0.3) is 0 Å². The van der Waals surface area contributed by atoms with Gasteiger partial charge in [-0.25, -0.2) is 4.79 Å². The van der Waals surface area contributed by atoms with E-state index in [0.717, 1.165) is 10.0 Å². The first-order valence-electron chi connectivity index (χ1n) is 3.03. The van der Waals surface area contributed by atoms with Gasteiger partial charge in [-0.15, -0.1) is 0 Å². The third-order valence-corrected chi connectivity index (χ3v) is 2.95. The molecule has 0 bridgehead atoms. The lowest BCUT2D eigenvalue weighted by atomic mass is 10.3. The molecule has 0 atom stereocenters. The molecule has 0 spiro atoms. The predicted molar refractivity (Wildman–Crippen MR) is 51.8 cm³/mol. The first-order chi connectivity index (χ1) is 5.61. The summed E-state index contributed by atoms with van der Waals surface area (Å²) >= 11 is 4.74. The topological polar surface area (TPSA) is 63.3 Å². The summed E-state index contributed by atoms with van der Waals surface area (Å²) in [5.41, 5.74) is 5.86. The van der Waals surface area contributed by atoms with Gasteiger partial charge in [-0.2, -0.15) is 11.3 Å². The molecule has 0 fully saturated rings. The van der Waals surface area contributed by atoms with Crippen molar-refractivity contribution in [2.75, 3.05) is 0 Å². The molecular weight excluding hydrogens is 242 g/mol. The van der Waals surface area contributed by atoms with Gasteiger partial charge in [-0.1, -0.05) is 0 Å². The second-order valence-corrected chi connectivity index (χ2v) is 3.68. The lowest BCUT2D eigenvalue weighted by Crippen LogP contribution is -2.09. The second kappa shape index (κ2) is 3.73. The average Bonchev–Trinajstić information content (AvgIpc) is 2.36. The third kappa shape index (κ3) is 2.09. The fourth-order valence-corrected chi connectivity index (χ4v) is 1.99. The van der Waals surface area contributed by atoms with E-state index >= 15 is 0 Å². The molecule has 0 aliphatic rings. The molecule has 0 unspecified atom stereocenters. The van der Waals surface area contributed by atoms with Crippen molar-refractivity contribution < 1.29 is 9.90 Å². The minimum Gasteiger partial charge on any atom is -0.477 e. The highest BCUT2D eigenvalue weighted by Crippen LogP contribution is 2.22. The van der Waals surface area contributed by atoms with Gasteiger partial charge in [0.05, 0.1) is 0 Å². The summed E-state index contributed by atoms with van der Waals surface area (Å²) in [4.78, 5) is 10.3. The molecule has 1 heterocycles. The van der Waals surface area contributed by atoms with Gasteiger partial charge < -0.3 is 10.8 Å². The Morgan fingerprint density at radius 3 is 2.75 bits per heavy atom. The number of aliphatic carboxylic acids is 1. The largest absolute Gasteiger partial charge is 0.477 e. The molecule has 1 aromatic heterocycles. The van der Waals surface area contributed by atoms with Gasteiger partial charge in [0.15, 0.2) is 0 Å². The number of hydrogen-bond acceptors (Lipinski definition) is 3. The Kier molecular flexibility index (Phi) is 2.88. The van der Waals surface area contributed by atoms with Crippen molar-refractivity contribution in [2.45, 2.75) is 0 Å². The van der Waals surface area contributed by atoms with Crippen LogP contribution in [0.4, 0.5) is 0 Å². The van der Waals surface area contributed by atoms with Crippen LogP contribution >= 0.6 is 27.3 Å². The molecule has 3 N–H and O–H groups in total. The van der Waals surface area contributed by atoms with E-state index in [9.17, 15) is 4.79 Å². The van der Waals surface area contributed by atoms with E-state index < -0.39 is 5.97 Å². The highest BCUT2D eigenvalue weighted by Gasteiger charge is 2.03. The summed E-state index contributed by atoms with van der Waals surface area (Å²) in [6.07, 6.45) is 1.42. The van der Waals surface area contributed by atoms with Crippen molar-refractivity contribution in [3.8, 4) is 0 Å². The van der Waals surface area contributed by atoms with Crippen LogP contribution in [0.3, 0.4) is 0 Å². The summed E-state index contributed by atoms with van der Waals surface area (Å²) in [5.74, 6) is -1.10. The monoisotopic (exact) mass is 247 g/mol. The van der Waals surface area contributed by atoms with Crippen LogP contribution < -0.4 is 5.73 Å². The quantitative estimate of drug-likeness (QED) is 0.785. The van der Waals surface area contributed by atoms with E-state index in [1.807, 2.05) is 10.8 Å². The summed E-state index contributed by atoms with van der Waals surface area (Å²) in [5, 5.41) is 12.1. The number of thiophene rings is 1. The molecular formula is C7H6BrNO2S. The molecule has 12 heavy (non-hydrogen) atoms. The molecule has 5 heteroatoms. The highest BCUT2D eigenvalue weighted by atomic mass is 79.9. The fourth-order valence-electron chi connectivity index (χ4n) is 0.624. The first kappa shape index (κ1) is 9.28. The van der Waals surface area contributed by atoms with Crippen LogP contribution in [0.25, 0.3) is 6.08 Å². The van der Waals surface area contributed by atoms with Crippen molar-refractivity contribution in [3.63, 3.8) is 0 Å². The van der Waals surface area contributed by atoms with Crippen LogP contribution in [0, 0.1) is 0 Å². The predicted octanol–water partition coefficient (Wildman–Crippen LogP) is 1.89. The highest BCUT2D eigenvalue weighted by molar-refractivity contribution is 9.10. The zero-order chi connectivity index (χ0) is 9.14. The summed E-state index contributed by atoms with van der Waals surface area (Å²) in [6, 6.07) is 0. The van der Waals surface area contributed by atoms with Gasteiger partial charge in [-0.3, -0.25) is 0 Å². The Bertz CT molecular complexity index is 332. The summed E-state index contributed by atoms with van der Waals surface area (Å²) in [7, 11) is 0. The van der Waals surface area contributed by atoms with Crippen LogP contribution in [0.5, 0.6) is 0 Å². The molecule has 0 radical (unpaired) electrons. The molecule has 64 valence electrons. The maximum Gasteiger partial charge on any atom is 0.351 e. The Morgan fingerprint density at radius 2 is 2.33 bits per heavy atom. The van der Waals surface area contributed by atoms with E-state index in [-0.39, 0.29) is 5.70 Å². The van der Waals surface area contributed by atoms with E-state index in [4.69, 9.17) is 10.8 Å². The molecule has 1 rings (SSSR count). The minimum atomic E-state index is -1.10. The number of nitrogens with two attached hydrogens (primary N) is 1. The van der Waals surface area contributed by atoms with E-state index in [1.165, 1.54) is 17.4 Å². The van der Waals surface area contributed by atoms with Crippen molar-refractivity contribution in [1.82, 2.24) is 0 Å².